The van der Waals surface area contributed by atoms with E-state index in [-0.39, 0.29) is 0 Å². The molecule has 1 aromatic heterocycles. The predicted octanol–water partition coefficient (Wildman–Crippen LogP) is 16.1. The molecule has 62 heavy (non-hydrogen) atoms. The van der Waals surface area contributed by atoms with Crippen molar-refractivity contribution in [2.24, 2.45) is 0 Å². The minimum Gasteiger partial charge on any atom is -0.310 e. The van der Waals surface area contributed by atoms with E-state index in [0.717, 1.165) is 67.4 Å². The monoisotopic (exact) mass is 789 g/mol. The van der Waals surface area contributed by atoms with E-state index >= 15 is 0 Å². The second-order valence-electron chi connectivity index (χ2n) is 16.0. The first-order chi connectivity index (χ1) is 30.7. The highest BCUT2D eigenvalue weighted by Crippen LogP contribution is 2.41. The van der Waals surface area contributed by atoms with Crippen molar-refractivity contribution < 1.29 is 0 Å². The average Bonchev–Trinajstić information content (AvgIpc) is 3.75. The minimum absolute atomic E-state index is 0.926. The van der Waals surface area contributed by atoms with Gasteiger partial charge in [-0.1, -0.05) is 176 Å². The van der Waals surface area contributed by atoms with Gasteiger partial charge in [0.15, 0.2) is 0 Å². The average molecular weight is 790 g/mol. The topological polar surface area (TPSA) is 21.1 Å². The minimum atomic E-state index is 0.926. The molecule has 0 unspecified atom stereocenters. The zero-order valence-corrected chi connectivity index (χ0v) is 33.9. The normalized spacial score (nSPS) is 11.5. The van der Waals surface area contributed by atoms with Crippen LogP contribution in [0.5, 0.6) is 0 Å². The predicted molar refractivity (Wildman–Crippen MR) is 262 cm³/mol. The molecule has 11 aromatic carbocycles. The number of hydrogen-bond donors (Lipinski definition) is 0. The summed E-state index contributed by atoms with van der Waals surface area (Å²) in [6, 6.07) is 85.3. The van der Waals surface area contributed by atoms with Crippen LogP contribution in [0.15, 0.2) is 237 Å². The van der Waals surface area contributed by atoms with E-state index in [4.69, 9.17) is 4.98 Å². The largest absolute Gasteiger partial charge is 0.310 e. The highest BCUT2D eigenvalue weighted by Gasteiger charge is 2.19. The lowest BCUT2D eigenvalue weighted by Gasteiger charge is -2.26. The first-order valence-electron chi connectivity index (χ1n) is 21.2. The second-order valence-corrected chi connectivity index (χ2v) is 16.0. The van der Waals surface area contributed by atoms with E-state index in [1.165, 1.54) is 43.1 Å². The van der Waals surface area contributed by atoms with Gasteiger partial charge in [0.1, 0.15) is 5.82 Å². The molecule has 0 aliphatic carbocycles. The molecule has 0 aliphatic rings. The maximum Gasteiger partial charge on any atom is 0.145 e. The number of nitrogens with zero attached hydrogens (tertiary/aromatic N) is 3. The van der Waals surface area contributed by atoms with Gasteiger partial charge in [-0.15, -0.1) is 0 Å². The van der Waals surface area contributed by atoms with E-state index in [2.05, 4.69) is 246 Å². The molecule has 3 nitrogen and oxygen atoms in total. The standard InChI is InChI=1S/C59H39N3/c1-3-15-43(16-4-1)59-60-58-56(23-12-24-57(58)62(59)48-19-5-2-6-20-48)45-18-11-17-44(37-45)40-29-31-49(32-30-40)61(50-33-35-54-46(38-50)27-25-41-13-7-9-21-52(41)54)51-34-36-55-47(39-51)28-26-42-14-8-10-22-53(42)55/h1-39H. The van der Waals surface area contributed by atoms with E-state index in [0.29, 0.717) is 0 Å². The van der Waals surface area contributed by atoms with Gasteiger partial charge in [-0.2, -0.15) is 0 Å². The number of anilines is 3. The number of imidazole rings is 1. The van der Waals surface area contributed by atoms with E-state index < -0.39 is 0 Å². The molecule has 3 heteroatoms. The first kappa shape index (κ1) is 35.7. The van der Waals surface area contributed by atoms with Crippen LogP contribution in [-0.2, 0) is 0 Å². The number of aromatic nitrogens is 2. The fourth-order valence-electron chi connectivity index (χ4n) is 9.35. The maximum atomic E-state index is 5.35. The number of benzene rings is 11. The molecule has 0 bridgehead atoms. The van der Waals surface area contributed by atoms with Gasteiger partial charge in [-0.3, -0.25) is 4.57 Å². The quantitative estimate of drug-likeness (QED) is 0.150. The van der Waals surface area contributed by atoms with Gasteiger partial charge in [-0.25, -0.2) is 4.98 Å². The summed E-state index contributed by atoms with van der Waals surface area (Å²) < 4.78 is 2.28. The van der Waals surface area contributed by atoms with Crippen LogP contribution in [0.25, 0.3) is 93.5 Å². The fraction of sp³-hybridized carbons (Fsp3) is 0. The van der Waals surface area contributed by atoms with Gasteiger partial charge in [-0.05, 0) is 120 Å². The molecule has 0 aliphatic heterocycles. The molecular formula is C59H39N3. The lowest BCUT2D eigenvalue weighted by molar-refractivity contribution is 1.10. The SMILES string of the molecule is c1ccc(-c2nc3c(-c4cccc(-c5ccc(N(c6ccc7c(ccc8ccccc87)c6)c6ccc7c(ccc8ccccc87)c6)cc5)c4)cccc3n2-c2ccccc2)cc1. The van der Waals surface area contributed by atoms with Crippen LogP contribution < -0.4 is 4.90 Å². The second kappa shape index (κ2) is 14.8. The van der Waals surface area contributed by atoms with Crippen LogP contribution >= 0.6 is 0 Å². The Balaban J connectivity index is 0.954. The molecule has 0 radical (unpaired) electrons. The Morgan fingerprint density at radius 3 is 1.50 bits per heavy atom. The van der Waals surface area contributed by atoms with E-state index in [1.807, 2.05) is 0 Å². The zero-order valence-electron chi connectivity index (χ0n) is 33.9. The third-order valence-electron chi connectivity index (χ3n) is 12.3. The van der Waals surface area contributed by atoms with Crippen LogP contribution in [0.3, 0.4) is 0 Å². The number of para-hydroxylation sites is 2. The van der Waals surface area contributed by atoms with Crippen molar-refractivity contribution >= 4 is 71.2 Å². The van der Waals surface area contributed by atoms with Crippen molar-refractivity contribution in [1.82, 2.24) is 9.55 Å². The summed E-state index contributed by atoms with van der Waals surface area (Å²) in [5.74, 6) is 0.926. The van der Waals surface area contributed by atoms with Gasteiger partial charge < -0.3 is 4.90 Å². The molecule has 0 spiro atoms. The molecule has 290 valence electrons. The maximum absolute atomic E-state index is 5.35. The Kier molecular flexibility index (Phi) is 8.50. The smallest absolute Gasteiger partial charge is 0.145 e. The Bertz CT molecular complexity index is 3510. The van der Waals surface area contributed by atoms with Crippen molar-refractivity contribution in [1.29, 1.82) is 0 Å². The highest BCUT2D eigenvalue weighted by atomic mass is 15.1. The van der Waals surface area contributed by atoms with E-state index in [9.17, 15) is 0 Å². The molecule has 0 saturated carbocycles. The number of hydrogen-bond acceptors (Lipinski definition) is 2. The van der Waals surface area contributed by atoms with Gasteiger partial charge in [0.25, 0.3) is 0 Å². The zero-order chi connectivity index (χ0) is 41.0. The number of rotatable bonds is 7. The van der Waals surface area contributed by atoms with Crippen LogP contribution in [0.1, 0.15) is 0 Å². The van der Waals surface area contributed by atoms with Crippen LogP contribution in [0.4, 0.5) is 17.1 Å². The van der Waals surface area contributed by atoms with Gasteiger partial charge in [0.2, 0.25) is 0 Å². The summed E-state index contributed by atoms with van der Waals surface area (Å²) in [5.41, 5.74) is 12.1. The van der Waals surface area contributed by atoms with Crippen LogP contribution in [-0.4, -0.2) is 9.55 Å². The molecule has 12 rings (SSSR count). The molecule has 0 fully saturated rings. The molecule has 0 saturated heterocycles. The molecule has 1 heterocycles. The third kappa shape index (κ3) is 6.10. The van der Waals surface area contributed by atoms with Crippen LogP contribution in [0.2, 0.25) is 0 Å². The van der Waals surface area contributed by atoms with Crippen molar-refractivity contribution in [3.8, 4) is 39.3 Å². The molecule has 12 aromatic rings. The van der Waals surface area contributed by atoms with Crippen LogP contribution in [0, 0.1) is 0 Å². The van der Waals surface area contributed by atoms with Crippen molar-refractivity contribution in [3.63, 3.8) is 0 Å². The van der Waals surface area contributed by atoms with Gasteiger partial charge in [0, 0.05) is 33.9 Å². The fourth-order valence-corrected chi connectivity index (χ4v) is 9.35. The summed E-state index contributed by atoms with van der Waals surface area (Å²) in [5, 5.41) is 9.98. The van der Waals surface area contributed by atoms with Gasteiger partial charge >= 0.3 is 0 Å². The lowest BCUT2D eigenvalue weighted by atomic mass is 9.97. The summed E-state index contributed by atoms with van der Waals surface area (Å²) in [7, 11) is 0. The molecule has 0 atom stereocenters. The Morgan fingerprint density at radius 2 is 0.839 bits per heavy atom. The van der Waals surface area contributed by atoms with Crippen molar-refractivity contribution in [2.75, 3.05) is 4.90 Å². The molecule has 0 N–H and O–H groups in total. The van der Waals surface area contributed by atoms with Crippen molar-refractivity contribution in [3.05, 3.63) is 237 Å². The van der Waals surface area contributed by atoms with E-state index in [1.54, 1.807) is 0 Å². The summed E-state index contributed by atoms with van der Waals surface area (Å²) in [6.07, 6.45) is 0. The summed E-state index contributed by atoms with van der Waals surface area (Å²) in [4.78, 5) is 7.74. The lowest BCUT2D eigenvalue weighted by Crippen LogP contribution is -2.10. The highest BCUT2D eigenvalue weighted by molar-refractivity contribution is 6.10. The van der Waals surface area contributed by atoms with Gasteiger partial charge in [0.05, 0.1) is 11.0 Å². The van der Waals surface area contributed by atoms with Crippen molar-refractivity contribution in [2.45, 2.75) is 0 Å². The number of fused-ring (bicyclic) bond motifs is 7. The summed E-state index contributed by atoms with van der Waals surface area (Å²) >= 11 is 0. The summed E-state index contributed by atoms with van der Waals surface area (Å²) in [6.45, 7) is 0. The third-order valence-corrected chi connectivity index (χ3v) is 12.3. The first-order valence-corrected chi connectivity index (χ1v) is 21.2. The Hall–Kier alpha value is -8.27. The molecule has 0 amide bonds. The Morgan fingerprint density at radius 1 is 0.323 bits per heavy atom. The molecular weight excluding hydrogens is 751 g/mol. The Labute approximate surface area is 360 Å².